The number of nitrogens with one attached hydrogen (secondary N) is 3. The first-order chi connectivity index (χ1) is 18.4. The van der Waals surface area contributed by atoms with E-state index >= 15 is 0 Å². The van der Waals surface area contributed by atoms with E-state index in [9.17, 15) is 33.1 Å². The van der Waals surface area contributed by atoms with Crippen molar-refractivity contribution < 1.29 is 37.8 Å². The molecule has 2 aromatic carbocycles. The summed E-state index contributed by atoms with van der Waals surface area (Å²) in [6.45, 7) is -0.139. The van der Waals surface area contributed by atoms with Gasteiger partial charge in [0.05, 0.1) is 16.9 Å². The van der Waals surface area contributed by atoms with E-state index in [2.05, 4.69) is 16.0 Å². The highest BCUT2D eigenvalue weighted by molar-refractivity contribution is 6.11. The van der Waals surface area contributed by atoms with E-state index < -0.39 is 42.7 Å². The minimum atomic E-state index is -2.79. The van der Waals surface area contributed by atoms with E-state index in [4.69, 9.17) is 4.74 Å². The number of carbonyl (C=O) groups is 4. The SMILES string of the molecule is CN(C)c1cccc(Oc2cc3c(cc2NC(=O)O)NC(=O)[C@@H](CCC(=O)N2CCC(F)(F)CC2)NC3=O)c1. The summed E-state index contributed by atoms with van der Waals surface area (Å²) in [7, 11) is 3.70. The number of fused-ring (bicyclic) bond motifs is 1. The van der Waals surface area contributed by atoms with Crippen LogP contribution in [0.4, 0.5) is 30.6 Å². The zero-order valence-corrected chi connectivity index (χ0v) is 21.4. The highest BCUT2D eigenvalue weighted by atomic mass is 19.3. The number of benzene rings is 2. The molecule has 1 fully saturated rings. The molecular formula is C26H29F2N5O6. The number of hydrogen-bond donors (Lipinski definition) is 4. The third kappa shape index (κ3) is 6.72. The summed E-state index contributed by atoms with van der Waals surface area (Å²) in [6, 6.07) is 8.54. The summed E-state index contributed by atoms with van der Waals surface area (Å²) < 4.78 is 32.7. The third-order valence-corrected chi connectivity index (χ3v) is 6.54. The van der Waals surface area contributed by atoms with Gasteiger partial charge in [0.25, 0.3) is 11.8 Å². The fourth-order valence-electron chi connectivity index (χ4n) is 4.35. The number of carbonyl (C=O) groups excluding carboxylic acids is 3. The molecule has 11 nitrogen and oxygen atoms in total. The highest BCUT2D eigenvalue weighted by Crippen LogP contribution is 2.37. The van der Waals surface area contributed by atoms with E-state index in [-0.39, 0.29) is 54.5 Å². The molecule has 0 saturated carbocycles. The Morgan fingerprint density at radius 3 is 2.56 bits per heavy atom. The van der Waals surface area contributed by atoms with E-state index in [0.29, 0.717) is 5.75 Å². The molecule has 1 atom stereocenters. The van der Waals surface area contributed by atoms with Crippen molar-refractivity contribution in [2.75, 3.05) is 42.7 Å². The van der Waals surface area contributed by atoms with Crippen LogP contribution in [-0.4, -0.2) is 73.0 Å². The maximum atomic E-state index is 13.4. The van der Waals surface area contributed by atoms with Gasteiger partial charge in [0.15, 0.2) is 5.75 Å². The largest absolute Gasteiger partial charge is 0.465 e. The normalized spacial score (nSPS) is 18.3. The highest BCUT2D eigenvalue weighted by Gasteiger charge is 2.36. The Labute approximate surface area is 223 Å². The number of rotatable bonds is 7. The molecule has 0 aromatic heterocycles. The van der Waals surface area contributed by atoms with Gasteiger partial charge < -0.3 is 30.3 Å². The molecule has 208 valence electrons. The molecule has 39 heavy (non-hydrogen) atoms. The number of likely N-dealkylation sites (tertiary alicyclic amines) is 1. The molecule has 4 N–H and O–H groups in total. The fraction of sp³-hybridized carbons (Fsp3) is 0.385. The zero-order valence-electron chi connectivity index (χ0n) is 21.4. The maximum Gasteiger partial charge on any atom is 0.409 e. The van der Waals surface area contributed by atoms with E-state index in [0.717, 1.165) is 5.69 Å². The van der Waals surface area contributed by atoms with Gasteiger partial charge in [-0.15, -0.1) is 0 Å². The van der Waals surface area contributed by atoms with Crippen molar-refractivity contribution in [2.24, 2.45) is 0 Å². The quantitative estimate of drug-likeness (QED) is 0.416. The number of halogens is 2. The zero-order chi connectivity index (χ0) is 28.3. The number of hydrogen-bond acceptors (Lipinski definition) is 6. The third-order valence-electron chi connectivity index (χ3n) is 6.54. The number of alkyl halides is 2. The molecule has 2 heterocycles. The molecule has 2 aliphatic heterocycles. The number of amides is 4. The molecule has 0 radical (unpaired) electrons. The smallest absolute Gasteiger partial charge is 0.409 e. The second kappa shape index (κ2) is 11.1. The Balaban J connectivity index is 1.52. The van der Waals surface area contributed by atoms with Gasteiger partial charge in [-0.3, -0.25) is 19.7 Å². The summed E-state index contributed by atoms with van der Waals surface area (Å²) in [6.07, 6.45) is -2.37. The molecule has 0 unspecified atom stereocenters. The topological polar surface area (TPSA) is 140 Å². The fourth-order valence-corrected chi connectivity index (χ4v) is 4.35. The molecule has 0 spiro atoms. The minimum absolute atomic E-state index is 0.000124. The first kappa shape index (κ1) is 27.6. The average molecular weight is 546 g/mol. The minimum Gasteiger partial charge on any atom is -0.465 e. The number of ether oxygens (including phenoxy) is 1. The van der Waals surface area contributed by atoms with Crippen LogP contribution in [0.25, 0.3) is 0 Å². The van der Waals surface area contributed by atoms with Crippen LogP contribution in [0.5, 0.6) is 11.5 Å². The molecule has 4 amide bonds. The lowest BCUT2D eigenvalue weighted by Gasteiger charge is -2.32. The predicted octanol–water partition coefficient (Wildman–Crippen LogP) is 3.72. The Bertz CT molecular complexity index is 1290. The Morgan fingerprint density at radius 2 is 1.90 bits per heavy atom. The first-order valence-electron chi connectivity index (χ1n) is 12.3. The van der Waals surface area contributed by atoms with Gasteiger partial charge in [-0.2, -0.15) is 0 Å². The van der Waals surface area contributed by atoms with Gasteiger partial charge in [0, 0.05) is 58.2 Å². The van der Waals surface area contributed by atoms with Gasteiger partial charge in [-0.25, -0.2) is 13.6 Å². The second-order valence-corrected chi connectivity index (χ2v) is 9.61. The van der Waals surface area contributed by atoms with Crippen LogP contribution in [0.1, 0.15) is 36.0 Å². The van der Waals surface area contributed by atoms with Crippen molar-refractivity contribution in [3.63, 3.8) is 0 Å². The summed E-state index contributed by atoms with van der Waals surface area (Å²) in [5, 5.41) is 16.7. The van der Waals surface area contributed by atoms with Crippen molar-refractivity contribution in [3.05, 3.63) is 42.0 Å². The van der Waals surface area contributed by atoms with Crippen LogP contribution >= 0.6 is 0 Å². The average Bonchev–Trinajstić information content (AvgIpc) is 2.98. The van der Waals surface area contributed by atoms with Crippen molar-refractivity contribution in [2.45, 2.75) is 37.6 Å². The summed E-state index contributed by atoms with van der Waals surface area (Å²) in [5.41, 5.74) is 0.920. The molecule has 0 aliphatic carbocycles. The van der Waals surface area contributed by atoms with E-state index in [1.54, 1.807) is 18.2 Å². The van der Waals surface area contributed by atoms with Crippen molar-refractivity contribution in [1.29, 1.82) is 0 Å². The molecular weight excluding hydrogens is 516 g/mol. The first-order valence-corrected chi connectivity index (χ1v) is 12.3. The van der Waals surface area contributed by atoms with Crippen LogP contribution in [-0.2, 0) is 9.59 Å². The number of piperidine rings is 1. The summed E-state index contributed by atoms with van der Waals surface area (Å²) in [5.74, 6) is -3.98. The molecule has 2 aliphatic rings. The molecule has 1 saturated heterocycles. The Kier molecular flexibility index (Phi) is 7.88. The summed E-state index contributed by atoms with van der Waals surface area (Å²) >= 11 is 0. The lowest BCUT2D eigenvalue weighted by Crippen LogP contribution is -2.45. The lowest BCUT2D eigenvalue weighted by atomic mass is 10.1. The number of carboxylic acid groups (broad SMARTS) is 1. The van der Waals surface area contributed by atoms with E-state index in [1.165, 1.54) is 17.0 Å². The van der Waals surface area contributed by atoms with Crippen molar-refractivity contribution in [1.82, 2.24) is 10.2 Å². The number of anilines is 3. The van der Waals surface area contributed by atoms with Crippen molar-refractivity contribution >= 4 is 40.9 Å². The standard InChI is InChI=1S/C26H29F2N5O6/c1-32(2)15-4-3-5-16(12-15)39-21-13-17-19(14-20(21)31-25(37)38)30-24(36)18(29-23(17)35)6-7-22(34)33-10-8-26(27,28)9-11-33/h3-5,12-14,18,31H,6-11H2,1-2H3,(H,29,35)(H,30,36)(H,37,38)/t18-/m1/s1. The van der Waals surface area contributed by atoms with Crippen LogP contribution in [0.15, 0.2) is 36.4 Å². The predicted molar refractivity (Wildman–Crippen MR) is 139 cm³/mol. The van der Waals surface area contributed by atoms with E-state index in [1.807, 2.05) is 25.1 Å². The van der Waals surface area contributed by atoms with Crippen LogP contribution in [0, 0.1) is 0 Å². The van der Waals surface area contributed by atoms with Gasteiger partial charge in [-0.1, -0.05) is 6.07 Å². The Hall–Kier alpha value is -4.42. The second-order valence-electron chi connectivity index (χ2n) is 9.61. The monoisotopic (exact) mass is 545 g/mol. The van der Waals surface area contributed by atoms with Gasteiger partial charge in [-0.05, 0) is 30.7 Å². The van der Waals surface area contributed by atoms with Crippen LogP contribution in [0.2, 0.25) is 0 Å². The van der Waals surface area contributed by atoms with Gasteiger partial charge in [0.2, 0.25) is 11.8 Å². The molecule has 4 rings (SSSR count). The maximum absolute atomic E-state index is 13.4. The Morgan fingerprint density at radius 1 is 1.18 bits per heavy atom. The number of nitrogens with zero attached hydrogens (tertiary/aromatic N) is 2. The molecule has 2 aromatic rings. The summed E-state index contributed by atoms with van der Waals surface area (Å²) in [4.78, 5) is 53.1. The van der Waals surface area contributed by atoms with Crippen molar-refractivity contribution in [3.8, 4) is 11.5 Å². The molecule has 13 heteroatoms. The lowest BCUT2D eigenvalue weighted by molar-refractivity contribution is -0.137. The van der Waals surface area contributed by atoms with Gasteiger partial charge >= 0.3 is 6.09 Å². The van der Waals surface area contributed by atoms with Crippen LogP contribution in [0.3, 0.4) is 0 Å². The van der Waals surface area contributed by atoms with Gasteiger partial charge in [0.1, 0.15) is 11.8 Å². The molecule has 0 bridgehead atoms. The van der Waals surface area contributed by atoms with Crippen LogP contribution < -0.4 is 25.6 Å².